The first-order valence-electron chi connectivity index (χ1n) is 7.51. The van der Waals surface area contributed by atoms with Gasteiger partial charge < -0.3 is 10.2 Å². The molecular weight excluding hydrogens is 252 g/mol. The topological polar surface area (TPSA) is 15.3 Å². The Morgan fingerprint density at radius 1 is 1.32 bits per heavy atom. The molecule has 3 heteroatoms. The SMILES string of the molecule is CCCNCC(C)(CCC)CN(C)Cc1cccs1. The van der Waals surface area contributed by atoms with Crippen LogP contribution in [0.2, 0.25) is 0 Å². The zero-order valence-corrected chi connectivity index (χ0v) is 13.9. The van der Waals surface area contributed by atoms with Crippen LogP contribution in [0, 0.1) is 5.41 Å². The van der Waals surface area contributed by atoms with Crippen LogP contribution in [0.1, 0.15) is 44.9 Å². The number of hydrogen-bond donors (Lipinski definition) is 1. The average Bonchev–Trinajstić information content (AvgIpc) is 2.82. The monoisotopic (exact) mass is 282 g/mol. The third-order valence-corrected chi connectivity index (χ3v) is 4.35. The summed E-state index contributed by atoms with van der Waals surface area (Å²) >= 11 is 1.85. The summed E-state index contributed by atoms with van der Waals surface area (Å²) in [5.41, 5.74) is 0.385. The maximum absolute atomic E-state index is 3.60. The summed E-state index contributed by atoms with van der Waals surface area (Å²) in [6, 6.07) is 4.37. The van der Waals surface area contributed by atoms with Crippen molar-refractivity contribution in [3.63, 3.8) is 0 Å². The summed E-state index contributed by atoms with van der Waals surface area (Å²) in [5.74, 6) is 0. The number of thiophene rings is 1. The van der Waals surface area contributed by atoms with Crippen molar-refractivity contribution in [2.24, 2.45) is 5.41 Å². The highest BCUT2D eigenvalue weighted by molar-refractivity contribution is 7.09. The van der Waals surface area contributed by atoms with Gasteiger partial charge in [-0.2, -0.15) is 0 Å². The van der Waals surface area contributed by atoms with Crippen molar-refractivity contribution in [2.75, 3.05) is 26.7 Å². The molecule has 0 radical (unpaired) electrons. The van der Waals surface area contributed by atoms with Gasteiger partial charge in [0.25, 0.3) is 0 Å². The average molecular weight is 282 g/mol. The van der Waals surface area contributed by atoms with E-state index in [1.807, 2.05) is 11.3 Å². The van der Waals surface area contributed by atoms with E-state index in [4.69, 9.17) is 0 Å². The summed E-state index contributed by atoms with van der Waals surface area (Å²) in [4.78, 5) is 3.93. The second kappa shape index (κ2) is 8.72. The maximum atomic E-state index is 3.60. The minimum absolute atomic E-state index is 0.385. The Labute approximate surface area is 123 Å². The zero-order valence-electron chi connectivity index (χ0n) is 13.0. The molecule has 19 heavy (non-hydrogen) atoms. The standard InChI is InChI=1S/C16H30N2S/c1-5-9-16(3,13-17-10-6-2)14-18(4)12-15-8-7-11-19-15/h7-8,11,17H,5-6,9-10,12-14H2,1-4H3. The Morgan fingerprint density at radius 2 is 2.11 bits per heavy atom. The van der Waals surface area contributed by atoms with E-state index in [0.29, 0.717) is 5.41 Å². The van der Waals surface area contributed by atoms with Crippen molar-refractivity contribution < 1.29 is 0 Å². The van der Waals surface area contributed by atoms with Crippen molar-refractivity contribution in [1.29, 1.82) is 0 Å². The molecule has 110 valence electrons. The fourth-order valence-corrected chi connectivity index (χ4v) is 3.55. The van der Waals surface area contributed by atoms with Crippen LogP contribution in [0.25, 0.3) is 0 Å². The smallest absolute Gasteiger partial charge is 0.0325 e. The number of hydrogen-bond acceptors (Lipinski definition) is 3. The Balaban J connectivity index is 2.46. The summed E-state index contributed by atoms with van der Waals surface area (Å²) in [6.45, 7) is 11.4. The van der Waals surface area contributed by atoms with Crippen molar-refractivity contribution >= 4 is 11.3 Å². The van der Waals surface area contributed by atoms with Gasteiger partial charge in [0.2, 0.25) is 0 Å². The third-order valence-electron chi connectivity index (χ3n) is 3.49. The van der Waals surface area contributed by atoms with E-state index in [1.54, 1.807) is 0 Å². The van der Waals surface area contributed by atoms with Crippen molar-refractivity contribution in [2.45, 2.75) is 46.6 Å². The Hall–Kier alpha value is -0.380. The molecular formula is C16H30N2S. The second-order valence-electron chi connectivity index (χ2n) is 5.99. The van der Waals surface area contributed by atoms with Gasteiger partial charge in [0.1, 0.15) is 0 Å². The highest BCUT2D eigenvalue weighted by atomic mass is 32.1. The lowest BCUT2D eigenvalue weighted by atomic mass is 9.85. The van der Waals surface area contributed by atoms with Gasteiger partial charge in [-0.3, -0.25) is 0 Å². The van der Waals surface area contributed by atoms with Crippen molar-refractivity contribution in [3.05, 3.63) is 22.4 Å². The molecule has 1 heterocycles. The molecule has 1 rings (SSSR count). The van der Waals surface area contributed by atoms with Crippen molar-refractivity contribution in [3.8, 4) is 0 Å². The first-order chi connectivity index (χ1) is 9.09. The predicted molar refractivity (Wildman–Crippen MR) is 86.8 cm³/mol. The van der Waals surface area contributed by atoms with Crippen LogP contribution in [-0.4, -0.2) is 31.6 Å². The van der Waals surface area contributed by atoms with Gasteiger partial charge >= 0.3 is 0 Å². The first-order valence-corrected chi connectivity index (χ1v) is 8.39. The number of rotatable bonds is 10. The Kier molecular flexibility index (Phi) is 7.66. The van der Waals surface area contributed by atoms with Crippen molar-refractivity contribution in [1.82, 2.24) is 10.2 Å². The van der Waals surface area contributed by atoms with Crippen LogP contribution in [0.4, 0.5) is 0 Å². The third kappa shape index (κ3) is 6.55. The van der Waals surface area contributed by atoms with E-state index in [2.05, 4.69) is 55.5 Å². The normalized spacial score (nSPS) is 14.8. The lowest BCUT2D eigenvalue weighted by molar-refractivity contribution is 0.169. The summed E-state index contributed by atoms with van der Waals surface area (Å²) in [6.07, 6.45) is 3.77. The molecule has 0 aliphatic rings. The zero-order chi connectivity index (χ0) is 14.1. The molecule has 0 amide bonds. The fraction of sp³-hybridized carbons (Fsp3) is 0.750. The fourth-order valence-electron chi connectivity index (χ4n) is 2.77. The second-order valence-corrected chi connectivity index (χ2v) is 7.02. The van der Waals surface area contributed by atoms with E-state index in [1.165, 1.54) is 24.1 Å². The van der Waals surface area contributed by atoms with Gasteiger partial charge in [0.05, 0.1) is 0 Å². The van der Waals surface area contributed by atoms with E-state index in [9.17, 15) is 0 Å². The van der Waals surface area contributed by atoms with Gasteiger partial charge in [0, 0.05) is 24.5 Å². The van der Waals surface area contributed by atoms with Gasteiger partial charge in [-0.05, 0) is 43.3 Å². The Bertz CT molecular complexity index is 323. The minimum Gasteiger partial charge on any atom is -0.316 e. The number of nitrogens with one attached hydrogen (secondary N) is 1. The van der Waals surface area contributed by atoms with Gasteiger partial charge in [0.15, 0.2) is 0 Å². The van der Waals surface area contributed by atoms with E-state index < -0.39 is 0 Å². The van der Waals surface area contributed by atoms with Gasteiger partial charge in [-0.1, -0.05) is 33.3 Å². The molecule has 1 aromatic rings. The summed E-state index contributed by atoms with van der Waals surface area (Å²) in [5, 5.41) is 5.76. The molecule has 1 unspecified atom stereocenters. The molecule has 0 aliphatic carbocycles. The molecule has 0 saturated heterocycles. The van der Waals surface area contributed by atoms with Crippen LogP contribution in [0.15, 0.2) is 17.5 Å². The molecule has 0 saturated carbocycles. The minimum atomic E-state index is 0.385. The van der Waals surface area contributed by atoms with E-state index in [-0.39, 0.29) is 0 Å². The quantitative estimate of drug-likeness (QED) is 0.653. The maximum Gasteiger partial charge on any atom is 0.0325 e. The molecule has 0 bridgehead atoms. The van der Waals surface area contributed by atoms with Crippen LogP contribution in [-0.2, 0) is 6.54 Å². The molecule has 0 aromatic carbocycles. The van der Waals surface area contributed by atoms with E-state index >= 15 is 0 Å². The molecule has 0 fully saturated rings. The van der Waals surface area contributed by atoms with Crippen LogP contribution < -0.4 is 5.32 Å². The number of nitrogens with zero attached hydrogens (tertiary/aromatic N) is 1. The highest BCUT2D eigenvalue weighted by Gasteiger charge is 2.24. The molecule has 1 atom stereocenters. The van der Waals surface area contributed by atoms with Gasteiger partial charge in [-0.25, -0.2) is 0 Å². The van der Waals surface area contributed by atoms with E-state index in [0.717, 1.165) is 26.2 Å². The highest BCUT2D eigenvalue weighted by Crippen LogP contribution is 2.24. The lowest BCUT2D eigenvalue weighted by Crippen LogP contribution is -2.41. The summed E-state index contributed by atoms with van der Waals surface area (Å²) < 4.78 is 0. The van der Waals surface area contributed by atoms with Crippen LogP contribution in [0.3, 0.4) is 0 Å². The molecule has 1 aromatic heterocycles. The Morgan fingerprint density at radius 3 is 2.68 bits per heavy atom. The first kappa shape index (κ1) is 16.7. The molecule has 0 aliphatic heterocycles. The predicted octanol–water partition coefficient (Wildman–Crippen LogP) is 3.99. The molecule has 2 nitrogen and oxygen atoms in total. The van der Waals surface area contributed by atoms with Gasteiger partial charge in [-0.15, -0.1) is 11.3 Å². The molecule has 0 spiro atoms. The molecule has 1 N–H and O–H groups in total. The largest absolute Gasteiger partial charge is 0.316 e. The van der Waals surface area contributed by atoms with Crippen LogP contribution >= 0.6 is 11.3 Å². The lowest BCUT2D eigenvalue weighted by Gasteiger charge is -2.34. The van der Waals surface area contributed by atoms with Crippen LogP contribution in [0.5, 0.6) is 0 Å². The summed E-state index contributed by atoms with van der Waals surface area (Å²) in [7, 11) is 2.24.